The maximum absolute atomic E-state index is 11.8. The first-order valence-corrected chi connectivity index (χ1v) is 6.11. The summed E-state index contributed by atoms with van der Waals surface area (Å²) in [6.07, 6.45) is 3.24. The second-order valence-electron chi connectivity index (χ2n) is 4.38. The van der Waals surface area contributed by atoms with Crippen LogP contribution in [-0.2, 0) is 4.79 Å². The predicted octanol–water partition coefficient (Wildman–Crippen LogP) is 3.32. The van der Waals surface area contributed by atoms with Crippen LogP contribution >= 0.6 is 11.6 Å². The molecule has 86 valence electrons. The van der Waals surface area contributed by atoms with Crippen molar-refractivity contribution in [3.63, 3.8) is 0 Å². The van der Waals surface area contributed by atoms with Crippen LogP contribution in [0.25, 0.3) is 0 Å². The van der Waals surface area contributed by atoms with Crippen molar-refractivity contribution in [2.75, 3.05) is 0 Å². The lowest BCUT2D eigenvalue weighted by atomic mass is 9.84. The highest BCUT2D eigenvalue weighted by molar-refractivity contribution is 6.31. The number of halogens is 1. The lowest BCUT2D eigenvalue weighted by molar-refractivity contribution is -0.128. The molecule has 0 aromatic heterocycles. The summed E-state index contributed by atoms with van der Waals surface area (Å²) in [5, 5.41) is 3.73. The Morgan fingerprint density at radius 2 is 2.12 bits per heavy atom. The van der Waals surface area contributed by atoms with Gasteiger partial charge in [-0.1, -0.05) is 36.2 Å². The molecule has 0 aliphatic heterocycles. The molecule has 1 saturated carbocycles. The van der Waals surface area contributed by atoms with Crippen LogP contribution < -0.4 is 5.32 Å². The van der Waals surface area contributed by atoms with Crippen LogP contribution in [0.3, 0.4) is 0 Å². The van der Waals surface area contributed by atoms with Gasteiger partial charge in [-0.3, -0.25) is 4.79 Å². The highest BCUT2D eigenvalue weighted by Gasteiger charge is 2.26. The van der Waals surface area contributed by atoms with Crippen LogP contribution in [0.5, 0.6) is 0 Å². The lowest BCUT2D eigenvalue weighted by Gasteiger charge is -2.26. The second-order valence-corrected chi connectivity index (χ2v) is 4.79. The molecule has 1 atom stereocenters. The molecule has 1 aliphatic rings. The van der Waals surface area contributed by atoms with E-state index >= 15 is 0 Å². The molecule has 0 bridgehead atoms. The van der Waals surface area contributed by atoms with Gasteiger partial charge in [0.1, 0.15) is 0 Å². The van der Waals surface area contributed by atoms with E-state index in [0.29, 0.717) is 5.02 Å². The zero-order valence-electron chi connectivity index (χ0n) is 9.37. The van der Waals surface area contributed by atoms with E-state index in [4.69, 9.17) is 11.6 Å². The molecule has 0 radical (unpaired) electrons. The number of amides is 1. The maximum atomic E-state index is 11.8. The fraction of sp³-hybridized carbons (Fsp3) is 0.462. The molecule has 3 heteroatoms. The number of carbonyl (C=O) groups excluding carboxylic acids is 1. The lowest BCUT2D eigenvalue weighted by Crippen LogP contribution is -2.36. The van der Waals surface area contributed by atoms with Gasteiger partial charge >= 0.3 is 0 Å². The van der Waals surface area contributed by atoms with Crippen molar-refractivity contribution in [1.82, 2.24) is 5.32 Å². The van der Waals surface area contributed by atoms with Crippen molar-refractivity contribution < 1.29 is 4.79 Å². The minimum absolute atomic E-state index is 0.0122. The van der Waals surface area contributed by atoms with Crippen LogP contribution in [0, 0.1) is 5.92 Å². The fourth-order valence-electron chi connectivity index (χ4n) is 1.91. The smallest absolute Gasteiger partial charge is 0.223 e. The first-order valence-electron chi connectivity index (χ1n) is 5.73. The summed E-state index contributed by atoms with van der Waals surface area (Å²) in [5.74, 6) is 0.392. The van der Waals surface area contributed by atoms with Crippen LogP contribution in [0.15, 0.2) is 24.3 Å². The van der Waals surface area contributed by atoms with Crippen LogP contribution in [-0.4, -0.2) is 5.91 Å². The number of rotatable bonds is 3. The summed E-state index contributed by atoms with van der Waals surface area (Å²) >= 11 is 6.08. The minimum Gasteiger partial charge on any atom is -0.349 e. The van der Waals surface area contributed by atoms with Gasteiger partial charge in [0, 0.05) is 10.9 Å². The number of hydrogen-bond donors (Lipinski definition) is 1. The highest BCUT2D eigenvalue weighted by atomic mass is 35.5. The van der Waals surface area contributed by atoms with Crippen molar-refractivity contribution in [3.8, 4) is 0 Å². The Morgan fingerprint density at radius 1 is 1.44 bits per heavy atom. The van der Waals surface area contributed by atoms with E-state index < -0.39 is 0 Å². The summed E-state index contributed by atoms with van der Waals surface area (Å²) in [6.45, 7) is 1.97. The van der Waals surface area contributed by atoms with Crippen LogP contribution in [0.2, 0.25) is 5.02 Å². The van der Waals surface area contributed by atoms with Crippen LogP contribution in [0.4, 0.5) is 0 Å². The van der Waals surface area contributed by atoms with E-state index in [1.54, 1.807) is 0 Å². The number of hydrogen-bond acceptors (Lipinski definition) is 1. The molecule has 0 heterocycles. The molecule has 2 rings (SSSR count). The second kappa shape index (κ2) is 4.88. The van der Waals surface area contributed by atoms with Gasteiger partial charge in [-0.15, -0.1) is 0 Å². The van der Waals surface area contributed by atoms with Crippen molar-refractivity contribution >= 4 is 17.5 Å². The summed E-state index contributed by atoms with van der Waals surface area (Å²) in [5.41, 5.74) is 0.983. The van der Waals surface area contributed by atoms with E-state index in [1.165, 1.54) is 6.42 Å². The fourth-order valence-corrected chi connectivity index (χ4v) is 2.21. The van der Waals surface area contributed by atoms with Crippen molar-refractivity contribution in [3.05, 3.63) is 34.9 Å². The van der Waals surface area contributed by atoms with E-state index in [9.17, 15) is 4.79 Å². The summed E-state index contributed by atoms with van der Waals surface area (Å²) in [6, 6.07) is 7.62. The van der Waals surface area contributed by atoms with Crippen molar-refractivity contribution in [2.45, 2.75) is 32.2 Å². The summed E-state index contributed by atoms with van der Waals surface area (Å²) < 4.78 is 0. The molecule has 2 nitrogen and oxygen atoms in total. The topological polar surface area (TPSA) is 29.1 Å². The van der Waals surface area contributed by atoms with Gasteiger partial charge in [-0.2, -0.15) is 0 Å². The molecule has 1 N–H and O–H groups in total. The molecule has 1 unspecified atom stereocenters. The minimum atomic E-state index is -0.0122. The molecular formula is C13H16ClNO. The Hall–Kier alpha value is -1.02. The Kier molecular flexibility index (Phi) is 3.49. The first-order chi connectivity index (χ1) is 7.68. The van der Waals surface area contributed by atoms with Crippen molar-refractivity contribution in [2.24, 2.45) is 5.92 Å². The molecule has 1 aliphatic carbocycles. The summed E-state index contributed by atoms with van der Waals surface area (Å²) in [4.78, 5) is 11.8. The molecule has 1 fully saturated rings. The quantitative estimate of drug-likeness (QED) is 0.859. The van der Waals surface area contributed by atoms with E-state index in [0.717, 1.165) is 18.4 Å². The Morgan fingerprint density at radius 3 is 2.69 bits per heavy atom. The largest absolute Gasteiger partial charge is 0.349 e. The molecule has 1 amide bonds. The van der Waals surface area contributed by atoms with E-state index in [2.05, 4.69) is 5.32 Å². The van der Waals surface area contributed by atoms with E-state index in [1.807, 2.05) is 31.2 Å². The van der Waals surface area contributed by atoms with Gasteiger partial charge in [0.25, 0.3) is 0 Å². The van der Waals surface area contributed by atoms with Gasteiger partial charge < -0.3 is 5.32 Å². The molecule has 0 spiro atoms. The standard InChI is InChI=1S/C13H16ClNO/c1-9(11-7-2-3-8-12(11)14)15-13(16)10-5-4-6-10/h2-3,7-10H,4-6H2,1H3,(H,15,16). The average Bonchev–Trinajstić information content (AvgIpc) is 2.15. The van der Waals surface area contributed by atoms with Gasteiger partial charge in [0.15, 0.2) is 0 Å². The number of carbonyl (C=O) groups is 1. The maximum Gasteiger partial charge on any atom is 0.223 e. The SMILES string of the molecule is CC(NC(=O)C1CCC1)c1ccccc1Cl. The molecule has 1 aromatic carbocycles. The van der Waals surface area contributed by atoms with Crippen molar-refractivity contribution in [1.29, 1.82) is 0 Å². The van der Waals surface area contributed by atoms with Gasteiger partial charge in [-0.25, -0.2) is 0 Å². The Bertz CT molecular complexity index is 387. The van der Waals surface area contributed by atoms with Gasteiger partial charge in [-0.05, 0) is 31.4 Å². The highest BCUT2D eigenvalue weighted by Crippen LogP contribution is 2.28. The van der Waals surface area contributed by atoms with Crippen LogP contribution in [0.1, 0.15) is 37.8 Å². The third-order valence-corrected chi connectivity index (χ3v) is 3.55. The molecular weight excluding hydrogens is 222 g/mol. The predicted molar refractivity (Wildman–Crippen MR) is 65.4 cm³/mol. The van der Waals surface area contributed by atoms with Gasteiger partial charge in [0.05, 0.1) is 6.04 Å². The first kappa shape index (κ1) is 11.5. The Balaban J connectivity index is 1.99. The zero-order valence-corrected chi connectivity index (χ0v) is 10.1. The monoisotopic (exact) mass is 237 g/mol. The van der Waals surface area contributed by atoms with E-state index in [-0.39, 0.29) is 17.9 Å². The summed E-state index contributed by atoms with van der Waals surface area (Å²) in [7, 11) is 0. The third-order valence-electron chi connectivity index (χ3n) is 3.21. The zero-order chi connectivity index (χ0) is 11.5. The normalized spacial score (nSPS) is 17.6. The molecule has 1 aromatic rings. The Labute approximate surface area is 101 Å². The third kappa shape index (κ3) is 2.38. The number of nitrogens with one attached hydrogen (secondary N) is 1. The molecule has 16 heavy (non-hydrogen) atoms. The average molecular weight is 238 g/mol. The number of benzene rings is 1. The molecule has 0 saturated heterocycles. The van der Waals surface area contributed by atoms with Gasteiger partial charge in [0.2, 0.25) is 5.91 Å².